The van der Waals surface area contributed by atoms with Gasteiger partial charge in [-0.1, -0.05) is 11.8 Å². The Kier molecular flexibility index (Phi) is 5.89. The Morgan fingerprint density at radius 3 is 2.67 bits per heavy atom. The van der Waals surface area contributed by atoms with Gasteiger partial charge in [0.15, 0.2) is 5.16 Å². The van der Waals surface area contributed by atoms with E-state index in [1.165, 1.54) is 11.8 Å². The number of halogens is 3. The van der Waals surface area contributed by atoms with Gasteiger partial charge in [-0.05, 0) is 6.42 Å². The van der Waals surface area contributed by atoms with Crippen molar-refractivity contribution in [3.63, 3.8) is 0 Å². The first-order chi connectivity index (χ1) is 8.44. The van der Waals surface area contributed by atoms with Crippen LogP contribution in [0.3, 0.4) is 0 Å². The molecule has 0 spiro atoms. The predicted molar refractivity (Wildman–Crippen MR) is 61.1 cm³/mol. The van der Waals surface area contributed by atoms with E-state index in [0.29, 0.717) is 29.7 Å². The van der Waals surface area contributed by atoms with Crippen LogP contribution in [0.15, 0.2) is 5.16 Å². The maximum absolute atomic E-state index is 11.8. The molecule has 0 saturated carbocycles. The molecule has 0 atom stereocenters. The third-order valence-corrected chi connectivity index (χ3v) is 3.14. The molecule has 1 heterocycles. The first kappa shape index (κ1) is 15.3. The average molecular weight is 284 g/mol. The van der Waals surface area contributed by atoms with E-state index in [-0.39, 0.29) is 6.61 Å². The predicted octanol–water partition coefficient (Wildman–Crippen LogP) is 1.33. The van der Waals surface area contributed by atoms with Gasteiger partial charge in [-0.15, -0.1) is 10.2 Å². The summed E-state index contributed by atoms with van der Waals surface area (Å²) >= 11 is 1.41. The molecule has 0 aliphatic rings. The fourth-order valence-corrected chi connectivity index (χ4v) is 2.00. The van der Waals surface area contributed by atoms with Crippen LogP contribution in [-0.2, 0) is 18.3 Å². The smallest absolute Gasteiger partial charge is 0.372 e. The SMILES string of the molecule is Cn1c(CN)nnc1SCCCOCC(F)(F)F. The summed E-state index contributed by atoms with van der Waals surface area (Å²) in [4.78, 5) is 0. The van der Waals surface area contributed by atoms with Crippen LogP contribution in [-0.4, -0.2) is 39.9 Å². The summed E-state index contributed by atoms with van der Waals surface area (Å²) in [7, 11) is 1.80. The molecule has 1 aromatic heterocycles. The van der Waals surface area contributed by atoms with Gasteiger partial charge in [0.05, 0.1) is 6.54 Å². The number of aromatic nitrogens is 3. The second kappa shape index (κ2) is 6.95. The Balaban J connectivity index is 2.16. The van der Waals surface area contributed by atoms with E-state index < -0.39 is 12.8 Å². The number of alkyl halides is 3. The molecule has 0 aromatic carbocycles. The van der Waals surface area contributed by atoms with Crippen molar-refractivity contribution in [2.24, 2.45) is 12.8 Å². The molecular formula is C9H15F3N4OS. The number of nitrogens with two attached hydrogens (primary N) is 1. The van der Waals surface area contributed by atoms with Crippen molar-refractivity contribution < 1.29 is 17.9 Å². The van der Waals surface area contributed by atoms with Gasteiger partial charge in [0.2, 0.25) is 0 Å². The molecular weight excluding hydrogens is 269 g/mol. The lowest BCUT2D eigenvalue weighted by Crippen LogP contribution is -2.17. The van der Waals surface area contributed by atoms with Crippen molar-refractivity contribution in [3.05, 3.63) is 5.82 Å². The topological polar surface area (TPSA) is 66.0 Å². The molecule has 9 heteroatoms. The standard InChI is InChI=1S/C9H15F3N4OS/c1-16-7(5-13)14-15-8(16)18-4-2-3-17-6-9(10,11)12/h2-6,13H2,1H3. The van der Waals surface area contributed by atoms with Crippen LogP contribution in [0.5, 0.6) is 0 Å². The second-order valence-corrected chi connectivity index (χ2v) is 4.59. The number of hydrogen-bond acceptors (Lipinski definition) is 5. The maximum Gasteiger partial charge on any atom is 0.411 e. The van der Waals surface area contributed by atoms with Crippen LogP contribution in [0.1, 0.15) is 12.2 Å². The highest BCUT2D eigenvalue weighted by Crippen LogP contribution is 2.17. The van der Waals surface area contributed by atoms with E-state index >= 15 is 0 Å². The van der Waals surface area contributed by atoms with Crippen LogP contribution < -0.4 is 5.73 Å². The van der Waals surface area contributed by atoms with Crippen LogP contribution in [0, 0.1) is 0 Å². The van der Waals surface area contributed by atoms with Crippen molar-refractivity contribution in [2.45, 2.75) is 24.3 Å². The molecule has 2 N–H and O–H groups in total. The number of ether oxygens (including phenoxy) is 1. The number of thioether (sulfide) groups is 1. The zero-order valence-corrected chi connectivity index (χ0v) is 10.7. The van der Waals surface area contributed by atoms with Crippen molar-refractivity contribution in [1.29, 1.82) is 0 Å². The lowest BCUT2D eigenvalue weighted by Gasteiger charge is -2.07. The molecule has 1 aromatic rings. The molecule has 0 unspecified atom stereocenters. The van der Waals surface area contributed by atoms with Gasteiger partial charge in [-0.25, -0.2) is 0 Å². The Hall–Kier alpha value is -0.800. The van der Waals surface area contributed by atoms with E-state index in [9.17, 15) is 13.2 Å². The highest BCUT2D eigenvalue weighted by Gasteiger charge is 2.27. The summed E-state index contributed by atoms with van der Waals surface area (Å²) in [6, 6.07) is 0. The third kappa shape index (κ3) is 5.23. The molecule has 18 heavy (non-hydrogen) atoms. The summed E-state index contributed by atoms with van der Waals surface area (Å²) in [6.07, 6.45) is -3.74. The number of nitrogens with zero attached hydrogens (tertiary/aromatic N) is 3. The first-order valence-electron chi connectivity index (χ1n) is 5.29. The molecule has 0 aliphatic heterocycles. The minimum Gasteiger partial charge on any atom is -0.372 e. The Bertz CT molecular complexity index is 369. The highest BCUT2D eigenvalue weighted by atomic mass is 32.2. The first-order valence-corrected chi connectivity index (χ1v) is 6.28. The van der Waals surface area contributed by atoms with Crippen LogP contribution in [0.2, 0.25) is 0 Å². The van der Waals surface area contributed by atoms with Gasteiger partial charge in [-0.3, -0.25) is 0 Å². The molecule has 0 fully saturated rings. The lowest BCUT2D eigenvalue weighted by molar-refractivity contribution is -0.173. The van der Waals surface area contributed by atoms with Gasteiger partial charge in [-0.2, -0.15) is 13.2 Å². The zero-order chi connectivity index (χ0) is 13.6. The summed E-state index contributed by atoms with van der Waals surface area (Å²) in [6.45, 7) is -0.814. The molecule has 5 nitrogen and oxygen atoms in total. The van der Waals surface area contributed by atoms with E-state index in [2.05, 4.69) is 14.9 Å². The van der Waals surface area contributed by atoms with E-state index in [4.69, 9.17) is 5.73 Å². The van der Waals surface area contributed by atoms with Crippen molar-refractivity contribution in [3.8, 4) is 0 Å². The average Bonchev–Trinajstić information content (AvgIpc) is 2.63. The highest BCUT2D eigenvalue weighted by molar-refractivity contribution is 7.99. The molecule has 0 aliphatic carbocycles. The number of rotatable bonds is 7. The quantitative estimate of drug-likeness (QED) is 0.604. The minimum atomic E-state index is -4.26. The van der Waals surface area contributed by atoms with Crippen LogP contribution in [0.4, 0.5) is 13.2 Å². The van der Waals surface area contributed by atoms with E-state index in [1.807, 2.05) is 0 Å². The Labute approximate surface area is 107 Å². The van der Waals surface area contributed by atoms with Crippen molar-refractivity contribution >= 4 is 11.8 Å². The van der Waals surface area contributed by atoms with Crippen molar-refractivity contribution in [2.75, 3.05) is 19.0 Å². The second-order valence-electron chi connectivity index (χ2n) is 3.53. The Morgan fingerprint density at radius 1 is 1.39 bits per heavy atom. The number of hydrogen-bond donors (Lipinski definition) is 1. The van der Waals surface area contributed by atoms with Crippen LogP contribution >= 0.6 is 11.8 Å². The molecule has 0 amide bonds. The normalized spacial score (nSPS) is 12.1. The van der Waals surface area contributed by atoms with E-state index in [0.717, 1.165) is 0 Å². The monoisotopic (exact) mass is 284 g/mol. The van der Waals surface area contributed by atoms with Gasteiger partial charge in [0.1, 0.15) is 12.4 Å². The van der Waals surface area contributed by atoms with E-state index in [1.54, 1.807) is 11.6 Å². The summed E-state index contributed by atoms with van der Waals surface area (Å²) in [5, 5.41) is 8.49. The van der Waals surface area contributed by atoms with Gasteiger partial charge >= 0.3 is 6.18 Å². The molecule has 0 radical (unpaired) electrons. The fraction of sp³-hybridized carbons (Fsp3) is 0.778. The zero-order valence-electron chi connectivity index (χ0n) is 9.90. The summed E-state index contributed by atoms with van der Waals surface area (Å²) in [5.41, 5.74) is 5.44. The van der Waals surface area contributed by atoms with Crippen LogP contribution in [0.25, 0.3) is 0 Å². The fourth-order valence-electron chi connectivity index (χ4n) is 1.16. The van der Waals surface area contributed by atoms with Crippen molar-refractivity contribution in [1.82, 2.24) is 14.8 Å². The largest absolute Gasteiger partial charge is 0.411 e. The molecule has 1 rings (SSSR count). The summed E-state index contributed by atoms with van der Waals surface area (Å²) in [5.74, 6) is 1.29. The Morgan fingerprint density at radius 2 is 2.11 bits per heavy atom. The minimum absolute atomic E-state index is 0.0775. The summed E-state index contributed by atoms with van der Waals surface area (Å²) < 4.78 is 41.5. The third-order valence-electron chi connectivity index (χ3n) is 2.04. The van der Waals surface area contributed by atoms with Gasteiger partial charge in [0, 0.05) is 19.4 Å². The van der Waals surface area contributed by atoms with Gasteiger partial charge in [0.25, 0.3) is 0 Å². The molecule has 0 saturated heterocycles. The lowest BCUT2D eigenvalue weighted by atomic mass is 10.5. The molecule has 104 valence electrons. The van der Waals surface area contributed by atoms with Gasteiger partial charge < -0.3 is 15.0 Å². The maximum atomic E-state index is 11.8. The molecule has 0 bridgehead atoms.